The number of ether oxygens (including phenoxy) is 2. The van der Waals surface area contributed by atoms with E-state index in [9.17, 15) is 19.2 Å². The van der Waals surface area contributed by atoms with Crippen LogP contribution in [0.25, 0.3) is 10.9 Å². The highest BCUT2D eigenvalue weighted by Crippen LogP contribution is 2.35. The van der Waals surface area contributed by atoms with Gasteiger partial charge < -0.3 is 24.3 Å². The van der Waals surface area contributed by atoms with Gasteiger partial charge in [0.05, 0.1) is 47.5 Å². The van der Waals surface area contributed by atoms with Crippen molar-refractivity contribution in [3.8, 4) is 0 Å². The van der Waals surface area contributed by atoms with Crippen LogP contribution in [-0.2, 0) is 43.9 Å². The lowest BCUT2D eigenvalue weighted by molar-refractivity contribution is -0.202. The number of hydrogen-bond donors (Lipinski definition) is 1. The first-order chi connectivity index (χ1) is 27.1. The fraction of sp³-hybridized carbons (Fsp3) is 0.442. The van der Waals surface area contributed by atoms with Crippen molar-refractivity contribution in [3.63, 3.8) is 0 Å². The van der Waals surface area contributed by atoms with Crippen LogP contribution in [0.5, 0.6) is 0 Å². The molecule has 3 aliphatic rings. The van der Waals surface area contributed by atoms with Crippen LogP contribution >= 0.6 is 23.2 Å². The van der Waals surface area contributed by atoms with E-state index in [1.165, 1.54) is 0 Å². The number of piperazine rings is 1. The second-order valence-corrected chi connectivity index (χ2v) is 15.9. The van der Waals surface area contributed by atoms with E-state index in [4.69, 9.17) is 32.7 Å². The minimum Gasteiger partial charge on any atom is -0.466 e. The lowest BCUT2D eigenvalue weighted by Crippen LogP contribution is -2.61. The van der Waals surface area contributed by atoms with E-state index >= 15 is 0 Å². The number of anilines is 1. The monoisotopic (exact) mass is 801 g/mol. The van der Waals surface area contributed by atoms with Crippen molar-refractivity contribution in [2.75, 3.05) is 38.1 Å². The number of nitrogens with one attached hydrogen (secondary N) is 1. The molecule has 2 atom stereocenters. The van der Waals surface area contributed by atoms with Gasteiger partial charge in [-0.25, -0.2) is 0 Å². The fourth-order valence-corrected chi connectivity index (χ4v) is 8.83. The van der Waals surface area contributed by atoms with Crippen molar-refractivity contribution in [1.82, 2.24) is 19.3 Å². The summed E-state index contributed by atoms with van der Waals surface area (Å²) in [5.41, 5.74) is 3.44. The lowest BCUT2D eigenvalue weighted by Gasteiger charge is -2.45. The summed E-state index contributed by atoms with van der Waals surface area (Å²) in [6, 6.07) is 20.4. The largest absolute Gasteiger partial charge is 0.466 e. The number of fused-ring (bicyclic) bond motifs is 1. The maximum atomic E-state index is 14.2. The Morgan fingerprint density at radius 1 is 0.911 bits per heavy atom. The number of rotatable bonds is 13. The zero-order chi connectivity index (χ0) is 39.3. The third kappa shape index (κ3) is 8.98. The number of hydrogen-bond acceptors (Lipinski definition) is 8. The van der Waals surface area contributed by atoms with Crippen molar-refractivity contribution in [1.29, 1.82) is 0 Å². The molecule has 0 radical (unpaired) electrons. The van der Waals surface area contributed by atoms with Crippen LogP contribution < -0.4 is 5.32 Å². The molecule has 1 saturated carbocycles. The summed E-state index contributed by atoms with van der Waals surface area (Å²) in [6.07, 6.45) is 5.23. The first-order valence-corrected chi connectivity index (χ1v) is 20.3. The van der Waals surface area contributed by atoms with Gasteiger partial charge in [-0.1, -0.05) is 71.7 Å². The zero-order valence-corrected chi connectivity index (χ0v) is 33.4. The van der Waals surface area contributed by atoms with Gasteiger partial charge in [-0.15, -0.1) is 0 Å². The van der Waals surface area contributed by atoms with E-state index in [1.807, 2.05) is 78.0 Å². The number of para-hydroxylation sites is 1. The number of ketones is 1. The Balaban J connectivity index is 1.05. The molecule has 2 aliphatic heterocycles. The smallest absolute Gasteiger partial charge is 0.308 e. The van der Waals surface area contributed by atoms with Gasteiger partial charge >= 0.3 is 5.97 Å². The van der Waals surface area contributed by atoms with Crippen LogP contribution in [-0.4, -0.2) is 94.1 Å². The van der Waals surface area contributed by atoms with E-state index in [0.717, 1.165) is 22.9 Å². The highest BCUT2D eigenvalue weighted by molar-refractivity contribution is 6.36. The van der Waals surface area contributed by atoms with Gasteiger partial charge in [0.2, 0.25) is 5.91 Å². The molecule has 4 aromatic rings. The van der Waals surface area contributed by atoms with Crippen LogP contribution in [0.2, 0.25) is 10.0 Å². The maximum Gasteiger partial charge on any atom is 0.308 e. The molecule has 1 N–H and O–H groups in total. The molecule has 2 saturated heterocycles. The number of likely N-dealkylation sites (tertiary alicyclic amines) is 1. The van der Waals surface area contributed by atoms with Crippen LogP contribution in [0.4, 0.5) is 5.69 Å². The number of benzene rings is 3. The Morgan fingerprint density at radius 3 is 2.41 bits per heavy atom. The summed E-state index contributed by atoms with van der Waals surface area (Å²) in [5, 5.41) is 4.33. The fourth-order valence-electron chi connectivity index (χ4n) is 8.36. The molecule has 0 spiro atoms. The number of carbonyl (C=O) groups is 4. The van der Waals surface area contributed by atoms with Crippen molar-refractivity contribution < 1.29 is 28.7 Å². The quantitative estimate of drug-likeness (QED) is 0.143. The number of carbonyl (C=O) groups excluding carboxylic acids is 4. The molecule has 13 heteroatoms. The Bertz CT molecular complexity index is 2070. The highest BCUT2D eigenvalue weighted by Gasteiger charge is 2.42. The van der Waals surface area contributed by atoms with Crippen LogP contribution in [0, 0.1) is 5.92 Å². The Hall–Kier alpha value is -4.26. The summed E-state index contributed by atoms with van der Waals surface area (Å²) >= 11 is 13.5. The van der Waals surface area contributed by atoms with E-state index in [1.54, 1.807) is 18.3 Å². The van der Waals surface area contributed by atoms with Crippen LogP contribution in [0.15, 0.2) is 72.9 Å². The third-order valence-corrected chi connectivity index (χ3v) is 12.0. The number of aromatic nitrogens is 1. The normalized spacial score (nSPS) is 21.3. The van der Waals surface area contributed by atoms with Gasteiger partial charge in [0, 0.05) is 61.8 Å². The lowest BCUT2D eigenvalue weighted by atomic mass is 9.87. The molecule has 3 heterocycles. The minimum atomic E-state index is -0.593. The van der Waals surface area contributed by atoms with E-state index in [2.05, 4.69) is 15.1 Å². The summed E-state index contributed by atoms with van der Waals surface area (Å²) in [5.74, 6) is -0.638. The highest BCUT2D eigenvalue weighted by atomic mass is 35.5. The zero-order valence-electron chi connectivity index (χ0n) is 31.9. The summed E-state index contributed by atoms with van der Waals surface area (Å²) < 4.78 is 14.1. The molecule has 7 rings (SSSR count). The van der Waals surface area contributed by atoms with Gasteiger partial charge in [0.15, 0.2) is 12.1 Å². The van der Waals surface area contributed by atoms with Gasteiger partial charge in [0.1, 0.15) is 0 Å². The van der Waals surface area contributed by atoms with Crippen molar-refractivity contribution in [2.24, 2.45) is 13.0 Å². The average molecular weight is 803 g/mol. The van der Waals surface area contributed by atoms with E-state index in [0.29, 0.717) is 86.7 Å². The first-order valence-electron chi connectivity index (χ1n) is 19.6. The first kappa shape index (κ1) is 40.0. The van der Waals surface area contributed by atoms with Gasteiger partial charge in [-0.2, -0.15) is 0 Å². The molecule has 56 heavy (non-hydrogen) atoms. The number of nitrogens with zero attached hydrogens (tertiary/aromatic N) is 4. The number of Topliss-reactive ketones (excluding diaryl/α,β-unsaturated/α-hetero) is 1. The third-order valence-electron chi connectivity index (χ3n) is 11.3. The molecule has 1 aromatic heterocycles. The topological polar surface area (TPSA) is 113 Å². The van der Waals surface area contributed by atoms with E-state index in [-0.39, 0.29) is 53.6 Å². The standard InChI is InChI=1S/C43H49Cl2N5O6/c1-3-55-42(54)29-15-17-31(18-16-29)56-43(49-21-20-48(40(52)27-49)25-28-10-5-4-6-11-28)50-19-9-14-38(50)39(51)23-30-22-35(45)36(24-34(30)44)46-41(53)33-26-47(2)37-13-8-7-12-32(33)37/h4-8,10-13,22,24,26,29,31,38,43H,3,9,14-21,23,25,27H2,1-2H3,(H,46,53)/t29?,31?,38-,43-/m0/s1. The van der Waals surface area contributed by atoms with Gasteiger partial charge in [-0.3, -0.25) is 29.0 Å². The molecule has 3 fully saturated rings. The number of halogens is 2. The summed E-state index contributed by atoms with van der Waals surface area (Å²) in [7, 11) is 1.89. The summed E-state index contributed by atoms with van der Waals surface area (Å²) in [6.45, 7) is 4.63. The van der Waals surface area contributed by atoms with Crippen LogP contribution in [0.1, 0.15) is 66.9 Å². The van der Waals surface area contributed by atoms with Gasteiger partial charge in [0.25, 0.3) is 5.91 Å². The average Bonchev–Trinajstić information content (AvgIpc) is 3.82. The SMILES string of the molecule is CCOC(=O)C1CCC(O[C@@H](N2CCN(Cc3ccccc3)C(=O)C2)N2CCC[C@H]2C(=O)Cc2cc(Cl)c(NC(=O)c3cn(C)c4ccccc34)cc2Cl)CC1. The second-order valence-electron chi connectivity index (χ2n) is 15.0. The molecule has 2 amide bonds. The Morgan fingerprint density at radius 2 is 1.66 bits per heavy atom. The molecule has 0 unspecified atom stereocenters. The molecule has 296 valence electrons. The molecule has 11 nitrogen and oxygen atoms in total. The Labute approximate surface area is 337 Å². The van der Waals surface area contributed by atoms with Crippen molar-refractivity contribution >= 4 is 63.4 Å². The minimum absolute atomic E-state index is 0.0100. The number of esters is 1. The molecular weight excluding hydrogens is 753 g/mol. The number of amides is 2. The summed E-state index contributed by atoms with van der Waals surface area (Å²) in [4.78, 5) is 59.7. The number of aryl methyl sites for hydroxylation is 1. The van der Waals surface area contributed by atoms with Gasteiger partial charge in [-0.05, 0) is 74.8 Å². The van der Waals surface area contributed by atoms with E-state index < -0.39 is 12.4 Å². The molecule has 1 aliphatic carbocycles. The molecule has 3 aromatic carbocycles. The predicted molar refractivity (Wildman–Crippen MR) is 216 cm³/mol. The predicted octanol–water partition coefficient (Wildman–Crippen LogP) is 7.08. The maximum absolute atomic E-state index is 14.2. The molecular formula is C43H49Cl2N5O6. The van der Waals surface area contributed by atoms with Crippen molar-refractivity contribution in [2.45, 2.75) is 76.9 Å². The van der Waals surface area contributed by atoms with Crippen LogP contribution in [0.3, 0.4) is 0 Å². The Kier molecular flexibility index (Phi) is 12.8. The molecule has 0 bridgehead atoms. The second kappa shape index (κ2) is 17.9. The van der Waals surface area contributed by atoms with Crippen molar-refractivity contribution in [3.05, 3.63) is 99.7 Å².